The van der Waals surface area contributed by atoms with E-state index in [9.17, 15) is 9.18 Å². The van der Waals surface area contributed by atoms with Crippen LogP contribution < -0.4 is 4.90 Å². The molecule has 2 heterocycles. The van der Waals surface area contributed by atoms with Crippen LogP contribution in [-0.4, -0.2) is 27.7 Å². The predicted octanol–water partition coefficient (Wildman–Crippen LogP) is 5.04. The first kappa shape index (κ1) is 18.6. The van der Waals surface area contributed by atoms with Crippen LogP contribution in [0.4, 0.5) is 10.1 Å². The van der Waals surface area contributed by atoms with Gasteiger partial charge in [-0.2, -0.15) is 5.10 Å². The standard InChI is InChI=1S/C20H16ClFN4OS/c1-12(13-7-14(21)9-15(22)8-13)19(27)25(2)16-10-23-26(11-16)20-24-17-5-3-4-6-18(17)28-20/h3-12H,1-2H3/t12-/m0/s1. The number of aromatic nitrogens is 3. The SMILES string of the molecule is C[C@H](C(=O)N(C)c1cnn(-c2nc3ccccc3s2)c1)c1cc(F)cc(Cl)c1. The van der Waals surface area contributed by atoms with Crippen molar-refractivity contribution in [1.29, 1.82) is 0 Å². The molecule has 0 spiro atoms. The van der Waals surface area contributed by atoms with Crippen LogP contribution in [0.2, 0.25) is 5.02 Å². The molecule has 4 aromatic rings. The number of thiazole rings is 1. The second kappa shape index (κ2) is 7.33. The van der Waals surface area contributed by atoms with Gasteiger partial charge < -0.3 is 4.90 Å². The molecule has 5 nitrogen and oxygen atoms in total. The molecule has 2 aromatic heterocycles. The van der Waals surface area contributed by atoms with Gasteiger partial charge in [0.1, 0.15) is 5.82 Å². The van der Waals surface area contributed by atoms with E-state index in [1.54, 1.807) is 37.1 Å². The van der Waals surface area contributed by atoms with Crippen molar-refractivity contribution in [3.63, 3.8) is 0 Å². The van der Waals surface area contributed by atoms with Gasteiger partial charge in [-0.15, -0.1) is 0 Å². The molecule has 0 aliphatic rings. The lowest BCUT2D eigenvalue weighted by Gasteiger charge is -2.20. The fourth-order valence-electron chi connectivity index (χ4n) is 2.93. The maximum atomic E-state index is 13.6. The number of halogens is 2. The van der Waals surface area contributed by atoms with E-state index in [4.69, 9.17) is 11.6 Å². The molecule has 0 aliphatic carbocycles. The predicted molar refractivity (Wildman–Crippen MR) is 110 cm³/mol. The summed E-state index contributed by atoms with van der Waals surface area (Å²) in [5.74, 6) is -1.21. The van der Waals surface area contributed by atoms with Crippen LogP contribution in [0.15, 0.2) is 54.9 Å². The Hall–Kier alpha value is -2.77. The van der Waals surface area contributed by atoms with Crippen LogP contribution in [0.25, 0.3) is 15.3 Å². The van der Waals surface area contributed by atoms with Gasteiger partial charge in [-0.1, -0.05) is 35.1 Å². The lowest BCUT2D eigenvalue weighted by atomic mass is 9.99. The molecule has 142 valence electrons. The van der Waals surface area contributed by atoms with E-state index in [1.165, 1.54) is 28.4 Å². The van der Waals surface area contributed by atoms with Gasteiger partial charge in [0.25, 0.3) is 0 Å². The van der Waals surface area contributed by atoms with Gasteiger partial charge in [0.05, 0.1) is 34.2 Å². The summed E-state index contributed by atoms with van der Waals surface area (Å²) in [6.07, 6.45) is 3.36. The molecule has 0 unspecified atom stereocenters. The van der Waals surface area contributed by atoms with Gasteiger partial charge in [-0.05, 0) is 42.8 Å². The molecule has 1 atom stereocenters. The average molecular weight is 415 g/mol. The summed E-state index contributed by atoms with van der Waals surface area (Å²) >= 11 is 7.44. The highest BCUT2D eigenvalue weighted by atomic mass is 35.5. The maximum Gasteiger partial charge on any atom is 0.234 e. The van der Waals surface area contributed by atoms with Gasteiger partial charge in [-0.25, -0.2) is 14.1 Å². The summed E-state index contributed by atoms with van der Waals surface area (Å²) in [7, 11) is 1.67. The number of rotatable bonds is 4. The van der Waals surface area contributed by atoms with Crippen molar-refractivity contribution in [2.45, 2.75) is 12.8 Å². The number of para-hydroxylation sites is 1. The monoisotopic (exact) mass is 414 g/mol. The zero-order chi connectivity index (χ0) is 19.8. The summed E-state index contributed by atoms with van der Waals surface area (Å²) in [5.41, 5.74) is 2.06. The molecule has 0 bridgehead atoms. The number of fused-ring (bicyclic) bond motifs is 1. The number of hydrogen-bond acceptors (Lipinski definition) is 4. The Morgan fingerprint density at radius 1 is 1.29 bits per heavy atom. The van der Waals surface area contributed by atoms with Gasteiger partial charge in [-0.3, -0.25) is 4.79 Å². The van der Waals surface area contributed by atoms with Crippen molar-refractivity contribution < 1.29 is 9.18 Å². The van der Waals surface area contributed by atoms with E-state index in [1.807, 2.05) is 24.3 Å². The van der Waals surface area contributed by atoms with Gasteiger partial charge >= 0.3 is 0 Å². The lowest BCUT2D eigenvalue weighted by Crippen LogP contribution is -2.30. The van der Waals surface area contributed by atoms with Crippen molar-refractivity contribution >= 4 is 44.7 Å². The molecule has 0 radical (unpaired) electrons. The van der Waals surface area contributed by atoms with E-state index < -0.39 is 11.7 Å². The lowest BCUT2D eigenvalue weighted by molar-refractivity contribution is -0.119. The number of hydrogen-bond donors (Lipinski definition) is 0. The molecular formula is C20H16ClFN4OS. The molecule has 4 rings (SSSR count). The Bertz CT molecular complexity index is 1120. The van der Waals surface area contributed by atoms with Crippen LogP contribution in [0.1, 0.15) is 18.4 Å². The number of carbonyl (C=O) groups excluding carboxylic acids is 1. The first-order chi connectivity index (χ1) is 13.4. The van der Waals surface area contributed by atoms with Crippen molar-refractivity contribution in [3.8, 4) is 5.13 Å². The van der Waals surface area contributed by atoms with Crippen molar-refractivity contribution in [3.05, 3.63) is 71.3 Å². The molecular weight excluding hydrogens is 399 g/mol. The van der Waals surface area contributed by atoms with Crippen molar-refractivity contribution in [2.75, 3.05) is 11.9 Å². The van der Waals surface area contributed by atoms with E-state index in [0.29, 0.717) is 11.3 Å². The number of nitrogens with zero attached hydrogens (tertiary/aromatic N) is 4. The van der Waals surface area contributed by atoms with Crippen LogP contribution in [0.5, 0.6) is 0 Å². The molecule has 0 N–H and O–H groups in total. The molecule has 0 saturated carbocycles. The Labute approximate surface area is 170 Å². The Morgan fingerprint density at radius 3 is 2.82 bits per heavy atom. The van der Waals surface area contributed by atoms with E-state index in [2.05, 4.69) is 10.1 Å². The van der Waals surface area contributed by atoms with Gasteiger partial charge in [0.2, 0.25) is 11.0 Å². The normalized spacial score (nSPS) is 12.3. The number of carbonyl (C=O) groups is 1. The molecule has 0 saturated heterocycles. The smallest absolute Gasteiger partial charge is 0.234 e. The van der Waals surface area contributed by atoms with Crippen LogP contribution in [0, 0.1) is 5.82 Å². The summed E-state index contributed by atoms with van der Waals surface area (Å²) in [5, 5.41) is 5.32. The zero-order valence-electron chi connectivity index (χ0n) is 15.1. The minimum Gasteiger partial charge on any atom is -0.312 e. The second-order valence-electron chi connectivity index (χ2n) is 6.43. The maximum absolute atomic E-state index is 13.6. The number of anilines is 1. The van der Waals surface area contributed by atoms with Crippen LogP contribution >= 0.6 is 22.9 Å². The third-order valence-corrected chi connectivity index (χ3v) is 5.77. The van der Waals surface area contributed by atoms with Crippen molar-refractivity contribution in [2.24, 2.45) is 0 Å². The minimum atomic E-state index is -0.552. The Balaban J connectivity index is 1.58. The average Bonchev–Trinajstić information content (AvgIpc) is 3.32. The second-order valence-corrected chi connectivity index (χ2v) is 7.87. The minimum absolute atomic E-state index is 0.189. The van der Waals surface area contributed by atoms with Gasteiger partial charge in [0, 0.05) is 12.1 Å². The number of likely N-dealkylation sites (N-methyl/N-ethyl adjacent to an activating group) is 1. The van der Waals surface area contributed by atoms with E-state index in [0.717, 1.165) is 15.3 Å². The summed E-state index contributed by atoms with van der Waals surface area (Å²) in [6.45, 7) is 1.72. The number of amides is 1. The zero-order valence-corrected chi connectivity index (χ0v) is 16.7. The molecule has 1 amide bonds. The fourth-order valence-corrected chi connectivity index (χ4v) is 4.06. The third-order valence-electron chi connectivity index (χ3n) is 4.52. The number of benzene rings is 2. The van der Waals surface area contributed by atoms with E-state index in [-0.39, 0.29) is 10.9 Å². The quantitative estimate of drug-likeness (QED) is 0.470. The highest BCUT2D eigenvalue weighted by Crippen LogP contribution is 2.27. The Morgan fingerprint density at radius 2 is 2.07 bits per heavy atom. The van der Waals surface area contributed by atoms with Crippen molar-refractivity contribution in [1.82, 2.24) is 14.8 Å². The molecule has 8 heteroatoms. The van der Waals surface area contributed by atoms with Crippen LogP contribution in [-0.2, 0) is 4.79 Å². The van der Waals surface area contributed by atoms with E-state index >= 15 is 0 Å². The third kappa shape index (κ3) is 3.50. The summed E-state index contributed by atoms with van der Waals surface area (Å²) < 4.78 is 16.3. The largest absolute Gasteiger partial charge is 0.312 e. The molecule has 0 aliphatic heterocycles. The first-order valence-electron chi connectivity index (χ1n) is 8.56. The first-order valence-corrected chi connectivity index (χ1v) is 9.76. The topological polar surface area (TPSA) is 51.0 Å². The Kier molecular flexibility index (Phi) is 4.87. The molecule has 2 aromatic carbocycles. The molecule has 28 heavy (non-hydrogen) atoms. The van der Waals surface area contributed by atoms with Crippen LogP contribution in [0.3, 0.4) is 0 Å². The highest BCUT2D eigenvalue weighted by Gasteiger charge is 2.22. The highest BCUT2D eigenvalue weighted by molar-refractivity contribution is 7.20. The molecule has 0 fully saturated rings. The summed E-state index contributed by atoms with van der Waals surface area (Å²) in [4.78, 5) is 18.9. The fraction of sp³-hybridized carbons (Fsp3) is 0.150. The van der Waals surface area contributed by atoms with Gasteiger partial charge in [0.15, 0.2) is 0 Å². The summed E-state index contributed by atoms with van der Waals surface area (Å²) in [6, 6.07) is 12.0.